The predicted molar refractivity (Wildman–Crippen MR) is 71.1 cm³/mol. The Labute approximate surface area is 116 Å². The van der Waals surface area contributed by atoms with Crippen molar-refractivity contribution in [2.75, 3.05) is 5.32 Å². The molecular weight excluding hydrogens is 290 g/mol. The van der Waals surface area contributed by atoms with Gasteiger partial charge in [0, 0.05) is 5.69 Å². The van der Waals surface area contributed by atoms with Gasteiger partial charge in [-0.05, 0) is 24.1 Å². The molecule has 112 valence electrons. The second kappa shape index (κ2) is 6.27. The van der Waals surface area contributed by atoms with Crippen LogP contribution in [0.4, 0.5) is 14.5 Å². The predicted octanol–water partition coefficient (Wildman–Crippen LogP) is 1.60. The van der Waals surface area contributed by atoms with Crippen LogP contribution in [0, 0.1) is 5.92 Å². The van der Waals surface area contributed by atoms with Gasteiger partial charge in [0.15, 0.2) is 0 Å². The third-order valence-electron chi connectivity index (χ3n) is 2.69. The van der Waals surface area contributed by atoms with Gasteiger partial charge in [0.2, 0.25) is 15.7 Å². The minimum atomic E-state index is -4.69. The molecule has 0 radical (unpaired) electrons. The third-order valence-corrected chi connectivity index (χ3v) is 4.07. The van der Waals surface area contributed by atoms with Crippen LogP contribution in [-0.4, -0.2) is 26.1 Å². The van der Waals surface area contributed by atoms with Gasteiger partial charge in [-0.15, -0.1) is 0 Å². The molecule has 8 heteroatoms. The van der Waals surface area contributed by atoms with Crippen molar-refractivity contribution >= 4 is 21.4 Å². The minimum Gasteiger partial charge on any atom is -0.325 e. The Bertz CT molecular complexity index is 588. The summed E-state index contributed by atoms with van der Waals surface area (Å²) in [5.41, 5.74) is 5.73. The van der Waals surface area contributed by atoms with E-state index in [9.17, 15) is 22.0 Å². The number of rotatable bonds is 5. The lowest BCUT2D eigenvalue weighted by Crippen LogP contribution is -2.39. The molecule has 0 aliphatic rings. The fourth-order valence-electron chi connectivity index (χ4n) is 1.38. The molecule has 0 bridgehead atoms. The molecule has 0 fully saturated rings. The summed E-state index contributed by atoms with van der Waals surface area (Å²) < 4.78 is 47.5. The smallest absolute Gasteiger partial charge is 0.325 e. The summed E-state index contributed by atoms with van der Waals surface area (Å²) in [5.74, 6) is -4.12. The van der Waals surface area contributed by atoms with Gasteiger partial charge in [0.1, 0.15) is 0 Å². The van der Waals surface area contributed by atoms with E-state index in [0.29, 0.717) is 0 Å². The van der Waals surface area contributed by atoms with Crippen molar-refractivity contribution in [3.05, 3.63) is 24.3 Å². The summed E-state index contributed by atoms with van der Waals surface area (Å²) >= 11 is 0. The molecule has 20 heavy (non-hydrogen) atoms. The Morgan fingerprint density at radius 3 is 2.40 bits per heavy atom. The Morgan fingerprint density at radius 1 is 1.30 bits per heavy atom. The van der Waals surface area contributed by atoms with Crippen molar-refractivity contribution in [1.82, 2.24) is 0 Å². The van der Waals surface area contributed by atoms with Crippen LogP contribution in [0.3, 0.4) is 0 Å². The number of carbonyl (C=O) groups is 1. The third kappa shape index (κ3) is 3.73. The Hall–Kier alpha value is -1.54. The van der Waals surface area contributed by atoms with Gasteiger partial charge in [-0.25, -0.2) is 8.42 Å². The molecule has 5 nitrogen and oxygen atoms in total. The molecule has 0 aromatic heterocycles. The molecule has 1 aromatic carbocycles. The van der Waals surface area contributed by atoms with Crippen LogP contribution in [0.1, 0.15) is 13.8 Å². The molecule has 1 atom stereocenters. The molecule has 0 heterocycles. The van der Waals surface area contributed by atoms with E-state index in [0.717, 1.165) is 12.1 Å². The van der Waals surface area contributed by atoms with Gasteiger partial charge in [0.05, 0.1) is 10.9 Å². The standard InChI is InChI=1S/C12H16F2N2O3S/c1-7(2)10(15)11(17)16-8-4-3-5-9(6-8)20(18,19)12(13)14/h3-7,10,12H,15H2,1-2H3,(H,16,17)/t10-/m0/s1. The van der Waals surface area contributed by atoms with Crippen LogP contribution in [-0.2, 0) is 14.6 Å². The number of benzene rings is 1. The lowest BCUT2D eigenvalue weighted by molar-refractivity contribution is -0.118. The number of sulfone groups is 1. The van der Waals surface area contributed by atoms with Crippen molar-refractivity contribution in [1.29, 1.82) is 0 Å². The largest absolute Gasteiger partial charge is 0.341 e. The fourth-order valence-corrected chi connectivity index (χ4v) is 2.15. The molecular formula is C12H16F2N2O3S. The van der Waals surface area contributed by atoms with Gasteiger partial charge >= 0.3 is 5.76 Å². The number of nitrogens with one attached hydrogen (secondary N) is 1. The van der Waals surface area contributed by atoms with E-state index in [1.807, 2.05) is 0 Å². The molecule has 0 saturated heterocycles. The quantitative estimate of drug-likeness (QED) is 0.865. The molecule has 3 N–H and O–H groups in total. The SMILES string of the molecule is CC(C)[C@H](N)C(=O)Nc1cccc(S(=O)(=O)C(F)F)c1. The van der Waals surface area contributed by atoms with Crippen LogP contribution in [0.5, 0.6) is 0 Å². The summed E-state index contributed by atoms with van der Waals surface area (Å²) in [6, 6.07) is 3.91. The lowest BCUT2D eigenvalue weighted by Gasteiger charge is -2.15. The number of alkyl halides is 2. The highest BCUT2D eigenvalue weighted by atomic mass is 32.2. The number of hydrogen-bond acceptors (Lipinski definition) is 4. The maximum atomic E-state index is 12.4. The highest BCUT2D eigenvalue weighted by Gasteiger charge is 2.27. The topological polar surface area (TPSA) is 89.3 Å². The second-order valence-electron chi connectivity index (χ2n) is 4.59. The van der Waals surface area contributed by atoms with E-state index < -0.39 is 32.4 Å². The number of anilines is 1. The highest BCUT2D eigenvalue weighted by Crippen LogP contribution is 2.21. The first-order valence-corrected chi connectivity index (χ1v) is 7.39. The highest BCUT2D eigenvalue weighted by molar-refractivity contribution is 7.91. The number of nitrogens with two attached hydrogens (primary N) is 1. The maximum Gasteiger partial charge on any atom is 0.341 e. The maximum absolute atomic E-state index is 12.4. The molecule has 0 saturated carbocycles. The normalized spacial score (nSPS) is 13.6. The first-order chi connectivity index (χ1) is 9.16. The first kappa shape index (κ1) is 16.5. The van der Waals surface area contributed by atoms with E-state index >= 15 is 0 Å². The van der Waals surface area contributed by atoms with Crippen LogP contribution in [0.15, 0.2) is 29.2 Å². The summed E-state index contributed by atoms with van der Waals surface area (Å²) in [7, 11) is -4.69. The van der Waals surface area contributed by atoms with E-state index in [2.05, 4.69) is 5.32 Å². The minimum absolute atomic E-state index is 0.104. The zero-order valence-corrected chi connectivity index (χ0v) is 11.8. The second-order valence-corrected chi connectivity index (χ2v) is 6.51. The van der Waals surface area contributed by atoms with Crippen LogP contribution in [0.25, 0.3) is 0 Å². The molecule has 1 amide bonds. The van der Waals surface area contributed by atoms with E-state index in [1.165, 1.54) is 12.1 Å². The monoisotopic (exact) mass is 306 g/mol. The number of amides is 1. The zero-order valence-electron chi connectivity index (χ0n) is 11.0. The lowest BCUT2D eigenvalue weighted by atomic mass is 10.1. The van der Waals surface area contributed by atoms with Crippen molar-refractivity contribution < 1.29 is 22.0 Å². The van der Waals surface area contributed by atoms with Gasteiger partial charge in [-0.1, -0.05) is 19.9 Å². The van der Waals surface area contributed by atoms with Crippen molar-refractivity contribution in [3.63, 3.8) is 0 Å². The van der Waals surface area contributed by atoms with Gasteiger partial charge in [0.25, 0.3) is 0 Å². The van der Waals surface area contributed by atoms with Crippen molar-refractivity contribution in [3.8, 4) is 0 Å². The van der Waals surface area contributed by atoms with Crippen LogP contribution >= 0.6 is 0 Å². The first-order valence-electron chi connectivity index (χ1n) is 5.85. The van der Waals surface area contributed by atoms with Gasteiger partial charge < -0.3 is 11.1 Å². The van der Waals surface area contributed by atoms with Crippen LogP contribution < -0.4 is 11.1 Å². The number of halogens is 2. The summed E-state index contributed by atoms with van der Waals surface area (Å²) in [6.45, 7) is 3.50. The molecule has 0 aliphatic carbocycles. The average molecular weight is 306 g/mol. The van der Waals surface area contributed by atoms with E-state index in [4.69, 9.17) is 5.73 Å². The van der Waals surface area contributed by atoms with Crippen LogP contribution in [0.2, 0.25) is 0 Å². The van der Waals surface area contributed by atoms with E-state index in [-0.39, 0.29) is 11.6 Å². The summed E-state index contributed by atoms with van der Waals surface area (Å²) in [6.07, 6.45) is 0. The van der Waals surface area contributed by atoms with E-state index in [1.54, 1.807) is 13.8 Å². The number of hydrogen-bond donors (Lipinski definition) is 2. The van der Waals surface area contributed by atoms with Crippen molar-refractivity contribution in [2.24, 2.45) is 11.7 Å². The average Bonchev–Trinajstić information content (AvgIpc) is 2.37. The summed E-state index contributed by atoms with van der Waals surface area (Å²) in [4.78, 5) is 11.2. The molecule has 0 spiro atoms. The van der Waals surface area contributed by atoms with Gasteiger partial charge in [-0.3, -0.25) is 4.79 Å². The zero-order chi connectivity index (χ0) is 15.5. The van der Waals surface area contributed by atoms with Crippen molar-refractivity contribution in [2.45, 2.75) is 30.5 Å². The Morgan fingerprint density at radius 2 is 1.90 bits per heavy atom. The molecule has 1 aromatic rings. The fraction of sp³-hybridized carbons (Fsp3) is 0.417. The number of carbonyl (C=O) groups excluding carboxylic acids is 1. The molecule has 0 unspecified atom stereocenters. The Balaban J connectivity index is 2.98. The molecule has 1 rings (SSSR count). The summed E-state index contributed by atoms with van der Waals surface area (Å²) in [5, 5.41) is 2.40. The van der Waals surface area contributed by atoms with Gasteiger partial charge in [-0.2, -0.15) is 8.78 Å². The Kier molecular flexibility index (Phi) is 5.18. The molecule has 0 aliphatic heterocycles.